The predicted molar refractivity (Wildman–Crippen MR) is 407 cm³/mol. The van der Waals surface area contributed by atoms with Gasteiger partial charge in [-0.05, 0) is 97.5 Å². The molecule has 45 heteroatoms. The van der Waals surface area contributed by atoms with Crippen molar-refractivity contribution < 1.29 is 163 Å². The van der Waals surface area contributed by atoms with Gasteiger partial charge >= 0.3 is 89.5 Å². The Hall–Kier alpha value is -12.2. The van der Waals surface area contributed by atoms with Crippen molar-refractivity contribution in [2.75, 3.05) is 173 Å². The Morgan fingerprint density at radius 3 is 0.559 bits per heavy atom. The van der Waals surface area contributed by atoms with Crippen molar-refractivity contribution >= 4 is 124 Å². The molecule has 0 spiro atoms. The van der Waals surface area contributed by atoms with Gasteiger partial charge in [0.25, 0.3) is 0 Å². The first kappa shape index (κ1) is 100.0. The lowest BCUT2D eigenvalue weighted by molar-refractivity contribution is -0.145. The van der Waals surface area contributed by atoms with Gasteiger partial charge in [0.05, 0.1) is 98.2 Å². The average Bonchev–Trinajstić information content (AvgIpc) is 0.859. The molecule has 18 N–H and O–H groups in total. The third kappa shape index (κ3) is 45.2. The minimum atomic E-state index is -1.44. The number of carbonyl (C=O) groups is 18. The van der Waals surface area contributed by atoms with Crippen LogP contribution in [0.1, 0.15) is 55.2 Å². The molecular formula is C73H100N12O33. The number of rotatable bonds is 66. The van der Waals surface area contributed by atoms with Crippen LogP contribution < -0.4 is 16.0 Å². The second-order valence-electron chi connectivity index (χ2n) is 27.7. The summed E-state index contributed by atoms with van der Waals surface area (Å²) in [5.41, 5.74) is 1.98. The van der Waals surface area contributed by atoms with Crippen LogP contribution in [-0.4, -0.2) is 403 Å². The number of hydrogen-bond donors (Lipinski definition) is 18. The lowest BCUT2D eigenvalue weighted by Crippen LogP contribution is -2.51. The summed E-state index contributed by atoms with van der Waals surface area (Å²) in [6.45, 7) is -14.0. The van der Waals surface area contributed by atoms with Crippen LogP contribution in [0.2, 0.25) is 0 Å². The molecule has 45 nitrogen and oxygen atoms in total. The Bertz CT molecular complexity index is 3440. The van der Waals surface area contributed by atoms with Crippen molar-refractivity contribution in [1.29, 1.82) is 0 Å². The fourth-order valence-corrected chi connectivity index (χ4v) is 12.8. The number of nitrogens with zero attached hydrogens (tertiary/aromatic N) is 9. The van der Waals surface area contributed by atoms with Crippen LogP contribution in [0.4, 0.5) is 17.1 Å². The second-order valence-corrected chi connectivity index (χ2v) is 27.7. The van der Waals surface area contributed by atoms with Crippen LogP contribution in [-0.2, 0) is 106 Å². The molecule has 0 bridgehead atoms. The number of aliphatic carboxylic acids is 15. The summed E-state index contributed by atoms with van der Waals surface area (Å²) in [5.74, 6) is -23.3. The highest BCUT2D eigenvalue weighted by Crippen LogP contribution is 2.25. The average molecular weight is 1670 g/mol. The number of carboxylic acid groups (broad SMARTS) is 15. The molecule has 0 radical (unpaired) electrons. The van der Waals surface area contributed by atoms with Crippen LogP contribution in [0.3, 0.4) is 0 Å². The first-order valence-corrected chi connectivity index (χ1v) is 36.5. The molecule has 650 valence electrons. The highest BCUT2D eigenvalue weighted by molar-refractivity contribution is 5.92. The number of nitrogens with one attached hydrogen (secondary N) is 3. The van der Waals surface area contributed by atoms with Crippen molar-refractivity contribution in [3.05, 3.63) is 89.5 Å². The molecular weight excluding hydrogens is 1570 g/mol. The van der Waals surface area contributed by atoms with Gasteiger partial charge in [-0.1, -0.05) is 36.4 Å². The molecule has 0 aliphatic carbocycles. The zero-order chi connectivity index (χ0) is 88.3. The van der Waals surface area contributed by atoms with Gasteiger partial charge < -0.3 is 92.5 Å². The van der Waals surface area contributed by atoms with Crippen molar-refractivity contribution in [2.45, 2.75) is 75.9 Å². The first-order chi connectivity index (χ1) is 55.4. The Balaban J connectivity index is 1.99. The number of carboxylic acids is 15. The van der Waals surface area contributed by atoms with Gasteiger partial charge in [0, 0.05) is 113 Å². The maximum atomic E-state index is 13.8. The zero-order valence-corrected chi connectivity index (χ0v) is 64.2. The molecule has 3 rings (SSSR count). The molecule has 0 heterocycles. The summed E-state index contributed by atoms with van der Waals surface area (Å²) in [6.07, 6.45) is -0.838. The SMILES string of the molecule is O=C(O)CN(CCN(CC(=O)O)CC(Cc1ccc(NC(=O)CCC(CCC(=O)Nc2ccc(CC(CN(CCN(CC(=O)O)CC(=O)O)CC(=O)O)N(CC(=O)O)CC(=O)O)cc2)CCC(=O)Nc2ccc(CC(CN(CCN(CC(=O)O)CC(=O)O)CC(=O)O)N(CC(=O)O)CC(=O)O)cc2)cc1)N(CC(=O)O)CC(=O)O)CC(=O)O. The van der Waals surface area contributed by atoms with Crippen LogP contribution in [0.25, 0.3) is 0 Å². The van der Waals surface area contributed by atoms with Crippen LogP contribution in [0.15, 0.2) is 72.8 Å². The largest absolute Gasteiger partial charge is 0.480 e. The smallest absolute Gasteiger partial charge is 0.317 e. The van der Waals surface area contributed by atoms with Crippen molar-refractivity contribution in [3.63, 3.8) is 0 Å². The molecule has 3 atom stereocenters. The standard InChI is InChI=1S/C73H100N12O33/c86-56(74-50-10-1-47(2-11-50)25-53(83(40-68(107)108)41-69(109)110)28-77(31-59(89)90)19-22-80(34-62(95)96)35-63(97)98)16-7-46(8-17-57(87)75-51-12-3-48(4-13-51)26-54(84(42-70(111)112)43-71(113)114)29-78(32-60(91)92)20-23-81(36-64(99)100)37-65(101)102)9-18-58(88)76-52-14-5-49(6-15-52)27-55(85(44-72(115)116)45-73(117)118)30-79(33-61(93)94)21-24-82(38-66(103)104)39-67(105)106/h1-6,10-15,46,53-55H,7-9,16-45H2,(H,74,86)(H,75,87)(H,76,88)(H,89,90)(H,91,92)(H,93,94)(H,95,96)(H,97,98)(H,99,100)(H,101,102)(H,103,104)(H,105,106)(H,107,108)(H,109,110)(H,111,112)(H,113,114)(H,115,116)(H,117,118). The summed E-state index contributed by atoms with van der Waals surface area (Å²) >= 11 is 0. The number of carbonyl (C=O) groups excluding carboxylic acids is 3. The maximum Gasteiger partial charge on any atom is 0.317 e. The molecule has 0 aliphatic heterocycles. The van der Waals surface area contributed by atoms with Crippen LogP contribution in [0, 0.1) is 5.92 Å². The van der Waals surface area contributed by atoms with E-state index in [1.54, 1.807) is 0 Å². The Morgan fingerprint density at radius 2 is 0.390 bits per heavy atom. The molecule has 0 aromatic heterocycles. The fraction of sp³-hybridized carbons (Fsp3) is 0.507. The first-order valence-electron chi connectivity index (χ1n) is 36.5. The van der Waals surface area contributed by atoms with Crippen LogP contribution in [0.5, 0.6) is 0 Å². The Labute approximate surface area is 673 Å². The van der Waals surface area contributed by atoms with Gasteiger partial charge in [-0.2, -0.15) is 0 Å². The summed E-state index contributed by atoms with van der Waals surface area (Å²) in [7, 11) is 0. The number of amides is 3. The number of hydrogen-bond acceptors (Lipinski definition) is 27. The van der Waals surface area contributed by atoms with Crippen molar-refractivity contribution in [2.24, 2.45) is 5.92 Å². The van der Waals surface area contributed by atoms with Gasteiger partial charge in [-0.25, -0.2) is 0 Å². The van der Waals surface area contributed by atoms with E-state index in [1.807, 2.05) is 0 Å². The summed E-state index contributed by atoms with van der Waals surface area (Å²) in [5, 5.41) is 153. The molecule has 3 unspecified atom stereocenters. The van der Waals surface area contributed by atoms with Crippen molar-refractivity contribution in [1.82, 2.24) is 44.1 Å². The third-order valence-corrected chi connectivity index (χ3v) is 17.9. The van der Waals surface area contributed by atoms with E-state index >= 15 is 0 Å². The summed E-state index contributed by atoms with van der Waals surface area (Å²) in [4.78, 5) is 229. The van der Waals surface area contributed by atoms with Gasteiger partial charge in [0.1, 0.15) is 0 Å². The van der Waals surface area contributed by atoms with E-state index in [0.29, 0.717) is 16.7 Å². The van der Waals surface area contributed by atoms with E-state index in [0.717, 1.165) is 29.4 Å². The van der Waals surface area contributed by atoms with E-state index in [2.05, 4.69) is 16.0 Å². The monoisotopic (exact) mass is 1670 g/mol. The second kappa shape index (κ2) is 52.4. The zero-order valence-electron chi connectivity index (χ0n) is 64.2. The normalized spacial score (nSPS) is 12.5. The van der Waals surface area contributed by atoms with Gasteiger partial charge in [-0.15, -0.1) is 0 Å². The maximum absolute atomic E-state index is 13.8. The topological polar surface area (TPSA) is 676 Å². The van der Waals surface area contributed by atoms with E-state index in [1.165, 1.54) is 87.5 Å². The molecule has 0 saturated carbocycles. The third-order valence-electron chi connectivity index (χ3n) is 17.9. The predicted octanol–water partition coefficient (Wildman–Crippen LogP) is -2.42. The lowest BCUT2D eigenvalue weighted by atomic mass is 9.92. The number of anilines is 3. The Morgan fingerprint density at radius 1 is 0.229 bits per heavy atom. The van der Waals surface area contributed by atoms with E-state index < -0.39 is 229 Å². The van der Waals surface area contributed by atoms with E-state index in [-0.39, 0.29) is 134 Å². The Kier molecular flexibility index (Phi) is 44.4. The lowest BCUT2D eigenvalue weighted by Gasteiger charge is -2.34. The minimum Gasteiger partial charge on any atom is -0.480 e. The van der Waals surface area contributed by atoms with Gasteiger partial charge in [-0.3, -0.25) is 130 Å². The fourth-order valence-electron chi connectivity index (χ4n) is 12.8. The number of benzene rings is 3. The highest BCUT2D eigenvalue weighted by atomic mass is 16.4. The molecule has 118 heavy (non-hydrogen) atoms. The molecule has 0 aliphatic rings. The van der Waals surface area contributed by atoms with Gasteiger partial charge in [0.15, 0.2) is 0 Å². The summed E-state index contributed by atoms with van der Waals surface area (Å²) < 4.78 is 0. The molecule has 0 saturated heterocycles. The molecule has 3 amide bonds. The van der Waals surface area contributed by atoms with Gasteiger partial charge in [0.2, 0.25) is 17.7 Å². The van der Waals surface area contributed by atoms with E-state index in [4.69, 9.17) is 0 Å². The minimum absolute atomic E-state index is 0.0548. The molecule has 0 fully saturated rings. The molecule has 3 aromatic rings. The van der Waals surface area contributed by atoms with E-state index in [9.17, 15) is 163 Å². The van der Waals surface area contributed by atoms with Crippen LogP contribution >= 0.6 is 0 Å². The summed E-state index contributed by atoms with van der Waals surface area (Å²) in [6, 6.07) is 14.7. The van der Waals surface area contributed by atoms with Crippen molar-refractivity contribution in [3.8, 4) is 0 Å². The highest BCUT2D eigenvalue weighted by Gasteiger charge is 2.32. The molecule has 3 aromatic carbocycles. The quantitative estimate of drug-likeness (QED) is 0.0280.